The Hall–Kier alpha value is -0.570. The molecule has 0 saturated heterocycles. The maximum atomic E-state index is 9.31. The van der Waals surface area contributed by atoms with Crippen LogP contribution in [0.15, 0.2) is 24.3 Å². The topological polar surface area (TPSA) is 23.5 Å². The molecule has 0 aliphatic rings. The van der Waals surface area contributed by atoms with E-state index in [9.17, 15) is 5.11 Å². The Bertz CT molecular complexity index is 314. The summed E-state index contributed by atoms with van der Waals surface area (Å²) in [5, 5.41) is 10.1. The SMILES string of the molecule is CC(O)CN(C)C(C)c1ccccc1Cl. The summed E-state index contributed by atoms with van der Waals surface area (Å²) in [6, 6.07) is 8.03. The van der Waals surface area contributed by atoms with Gasteiger partial charge in [-0.2, -0.15) is 0 Å². The van der Waals surface area contributed by atoms with E-state index in [2.05, 4.69) is 11.8 Å². The minimum absolute atomic E-state index is 0.216. The Morgan fingerprint density at radius 1 is 1.33 bits per heavy atom. The number of halogens is 1. The molecule has 0 heterocycles. The Labute approximate surface area is 96.5 Å². The summed E-state index contributed by atoms with van der Waals surface area (Å²) in [6.45, 7) is 4.52. The molecule has 2 unspecified atom stereocenters. The summed E-state index contributed by atoms with van der Waals surface area (Å²) < 4.78 is 0. The van der Waals surface area contributed by atoms with Crippen LogP contribution in [0, 0.1) is 0 Å². The van der Waals surface area contributed by atoms with Crippen LogP contribution < -0.4 is 0 Å². The van der Waals surface area contributed by atoms with Crippen LogP contribution in [-0.2, 0) is 0 Å². The van der Waals surface area contributed by atoms with Crippen molar-refractivity contribution < 1.29 is 5.11 Å². The second-order valence-electron chi connectivity index (χ2n) is 3.99. The molecule has 0 aromatic heterocycles. The van der Waals surface area contributed by atoms with Crippen LogP contribution in [0.4, 0.5) is 0 Å². The molecule has 0 bridgehead atoms. The van der Waals surface area contributed by atoms with E-state index in [1.165, 1.54) is 0 Å². The first-order valence-electron chi connectivity index (χ1n) is 5.15. The average Bonchev–Trinajstić information content (AvgIpc) is 2.16. The van der Waals surface area contributed by atoms with Crippen LogP contribution in [-0.4, -0.2) is 29.7 Å². The van der Waals surface area contributed by atoms with Gasteiger partial charge in [0.15, 0.2) is 0 Å². The zero-order chi connectivity index (χ0) is 11.4. The van der Waals surface area contributed by atoms with Gasteiger partial charge in [0.05, 0.1) is 6.10 Å². The molecule has 0 aliphatic heterocycles. The molecule has 84 valence electrons. The molecule has 1 N–H and O–H groups in total. The third kappa shape index (κ3) is 3.49. The van der Waals surface area contributed by atoms with Crippen molar-refractivity contribution in [1.82, 2.24) is 4.90 Å². The fourth-order valence-electron chi connectivity index (χ4n) is 1.63. The summed E-state index contributed by atoms with van der Waals surface area (Å²) in [5.74, 6) is 0. The third-order valence-corrected chi connectivity index (χ3v) is 2.91. The van der Waals surface area contributed by atoms with E-state index < -0.39 is 0 Å². The van der Waals surface area contributed by atoms with Crippen LogP contribution in [0.25, 0.3) is 0 Å². The molecule has 0 fully saturated rings. The largest absolute Gasteiger partial charge is 0.392 e. The molecule has 15 heavy (non-hydrogen) atoms. The first-order chi connectivity index (χ1) is 7.02. The summed E-state index contributed by atoms with van der Waals surface area (Å²) in [4.78, 5) is 2.09. The van der Waals surface area contributed by atoms with Gasteiger partial charge in [0.1, 0.15) is 0 Å². The number of likely N-dealkylation sites (N-methyl/N-ethyl adjacent to an activating group) is 1. The molecule has 2 nitrogen and oxygen atoms in total. The van der Waals surface area contributed by atoms with E-state index in [1.807, 2.05) is 31.3 Å². The van der Waals surface area contributed by atoms with Crippen molar-refractivity contribution in [2.45, 2.75) is 26.0 Å². The van der Waals surface area contributed by atoms with E-state index in [0.29, 0.717) is 6.54 Å². The lowest BCUT2D eigenvalue weighted by molar-refractivity contribution is 0.122. The van der Waals surface area contributed by atoms with Gasteiger partial charge in [-0.05, 0) is 32.5 Å². The average molecular weight is 228 g/mol. The van der Waals surface area contributed by atoms with Crippen molar-refractivity contribution >= 4 is 11.6 Å². The van der Waals surface area contributed by atoms with E-state index in [-0.39, 0.29) is 12.1 Å². The third-order valence-electron chi connectivity index (χ3n) is 2.57. The second kappa shape index (κ2) is 5.50. The quantitative estimate of drug-likeness (QED) is 0.855. The number of hydrogen-bond acceptors (Lipinski definition) is 2. The lowest BCUT2D eigenvalue weighted by Crippen LogP contribution is -2.29. The zero-order valence-electron chi connectivity index (χ0n) is 9.44. The molecule has 0 radical (unpaired) electrons. The number of hydrogen-bond donors (Lipinski definition) is 1. The van der Waals surface area contributed by atoms with E-state index in [0.717, 1.165) is 10.6 Å². The minimum atomic E-state index is -0.320. The van der Waals surface area contributed by atoms with Gasteiger partial charge in [0.2, 0.25) is 0 Å². The highest BCUT2D eigenvalue weighted by molar-refractivity contribution is 6.31. The molecular weight excluding hydrogens is 210 g/mol. The standard InChI is InChI=1S/C12H18ClNO/c1-9(15)8-14(3)10(2)11-6-4-5-7-12(11)13/h4-7,9-10,15H,8H2,1-3H3. The normalized spacial score (nSPS) is 15.3. The van der Waals surface area contributed by atoms with Crippen molar-refractivity contribution in [3.05, 3.63) is 34.9 Å². The highest BCUT2D eigenvalue weighted by Gasteiger charge is 2.15. The molecular formula is C12H18ClNO. The van der Waals surface area contributed by atoms with E-state index >= 15 is 0 Å². The zero-order valence-corrected chi connectivity index (χ0v) is 10.2. The lowest BCUT2D eigenvalue weighted by atomic mass is 10.1. The van der Waals surface area contributed by atoms with Crippen LogP contribution in [0.1, 0.15) is 25.5 Å². The number of benzene rings is 1. The molecule has 2 atom stereocenters. The van der Waals surface area contributed by atoms with Crippen LogP contribution >= 0.6 is 11.6 Å². The Morgan fingerprint density at radius 2 is 1.93 bits per heavy atom. The van der Waals surface area contributed by atoms with Crippen molar-refractivity contribution in [1.29, 1.82) is 0 Å². The number of rotatable bonds is 4. The van der Waals surface area contributed by atoms with Gasteiger partial charge in [-0.1, -0.05) is 29.8 Å². The molecule has 1 aromatic carbocycles. The van der Waals surface area contributed by atoms with Gasteiger partial charge in [0.25, 0.3) is 0 Å². The molecule has 3 heteroatoms. The van der Waals surface area contributed by atoms with Crippen molar-refractivity contribution in [2.75, 3.05) is 13.6 Å². The van der Waals surface area contributed by atoms with Crippen LogP contribution in [0.2, 0.25) is 5.02 Å². The van der Waals surface area contributed by atoms with Gasteiger partial charge in [-0.25, -0.2) is 0 Å². The predicted octanol–water partition coefficient (Wildman–Crippen LogP) is 2.71. The van der Waals surface area contributed by atoms with Gasteiger partial charge in [-0.15, -0.1) is 0 Å². The number of nitrogens with zero attached hydrogens (tertiary/aromatic N) is 1. The molecule has 0 amide bonds. The highest BCUT2D eigenvalue weighted by atomic mass is 35.5. The predicted molar refractivity (Wildman–Crippen MR) is 64.2 cm³/mol. The smallest absolute Gasteiger partial charge is 0.0639 e. The lowest BCUT2D eigenvalue weighted by Gasteiger charge is -2.26. The highest BCUT2D eigenvalue weighted by Crippen LogP contribution is 2.25. The summed E-state index contributed by atoms with van der Waals surface area (Å²) in [5.41, 5.74) is 1.10. The Kier molecular flexibility index (Phi) is 4.58. The molecule has 0 spiro atoms. The van der Waals surface area contributed by atoms with Gasteiger partial charge in [-0.3, -0.25) is 4.90 Å². The molecule has 1 rings (SSSR count). The van der Waals surface area contributed by atoms with Crippen molar-refractivity contribution in [2.24, 2.45) is 0 Å². The molecule has 0 aliphatic carbocycles. The summed E-state index contributed by atoms with van der Waals surface area (Å²) in [7, 11) is 1.99. The van der Waals surface area contributed by atoms with Gasteiger partial charge in [0, 0.05) is 17.6 Å². The van der Waals surface area contributed by atoms with E-state index in [4.69, 9.17) is 11.6 Å². The Morgan fingerprint density at radius 3 is 2.47 bits per heavy atom. The van der Waals surface area contributed by atoms with Crippen molar-refractivity contribution in [3.8, 4) is 0 Å². The van der Waals surface area contributed by atoms with Crippen LogP contribution in [0.3, 0.4) is 0 Å². The maximum absolute atomic E-state index is 9.31. The fourth-order valence-corrected chi connectivity index (χ4v) is 1.92. The number of aliphatic hydroxyl groups excluding tert-OH is 1. The van der Waals surface area contributed by atoms with Crippen LogP contribution in [0.5, 0.6) is 0 Å². The van der Waals surface area contributed by atoms with E-state index in [1.54, 1.807) is 6.92 Å². The molecule has 1 aromatic rings. The maximum Gasteiger partial charge on any atom is 0.0639 e. The monoisotopic (exact) mass is 227 g/mol. The molecule has 0 saturated carbocycles. The van der Waals surface area contributed by atoms with Gasteiger partial charge >= 0.3 is 0 Å². The van der Waals surface area contributed by atoms with Gasteiger partial charge < -0.3 is 5.11 Å². The first-order valence-corrected chi connectivity index (χ1v) is 5.53. The number of aliphatic hydroxyl groups is 1. The summed E-state index contributed by atoms with van der Waals surface area (Å²) >= 11 is 6.11. The fraction of sp³-hybridized carbons (Fsp3) is 0.500. The second-order valence-corrected chi connectivity index (χ2v) is 4.39. The van der Waals surface area contributed by atoms with Crippen molar-refractivity contribution in [3.63, 3.8) is 0 Å². The minimum Gasteiger partial charge on any atom is -0.392 e. The Balaban J connectivity index is 2.76. The first kappa shape index (κ1) is 12.5. The summed E-state index contributed by atoms with van der Waals surface area (Å²) in [6.07, 6.45) is -0.320.